The Bertz CT molecular complexity index is 771. The van der Waals surface area contributed by atoms with Crippen molar-refractivity contribution in [3.8, 4) is 0 Å². The van der Waals surface area contributed by atoms with Crippen molar-refractivity contribution in [1.82, 2.24) is 0 Å². The van der Waals surface area contributed by atoms with Crippen molar-refractivity contribution in [1.29, 1.82) is 0 Å². The fourth-order valence-corrected chi connectivity index (χ4v) is 2.51. The van der Waals surface area contributed by atoms with Gasteiger partial charge in [-0.1, -0.05) is 35.9 Å². The molecular formula is C19H20ClNO3. The summed E-state index contributed by atoms with van der Waals surface area (Å²) in [6, 6.07) is 14.1. The van der Waals surface area contributed by atoms with Crippen molar-refractivity contribution in [3.05, 3.63) is 64.7 Å². The average Bonchev–Trinajstić information content (AvgIpc) is 2.54. The van der Waals surface area contributed by atoms with Gasteiger partial charge in [0.25, 0.3) is 0 Å². The molecule has 2 aromatic carbocycles. The van der Waals surface area contributed by atoms with E-state index in [1.807, 2.05) is 26.0 Å². The van der Waals surface area contributed by atoms with Crippen molar-refractivity contribution in [2.45, 2.75) is 32.1 Å². The van der Waals surface area contributed by atoms with Crippen molar-refractivity contribution in [2.24, 2.45) is 0 Å². The molecule has 4 nitrogen and oxygen atoms in total. The van der Waals surface area contributed by atoms with E-state index >= 15 is 0 Å². The number of hydrogen-bond donors (Lipinski definition) is 2. The highest BCUT2D eigenvalue weighted by molar-refractivity contribution is 6.30. The first-order chi connectivity index (χ1) is 11.2. The molecule has 0 saturated carbocycles. The summed E-state index contributed by atoms with van der Waals surface area (Å²) in [6.07, 6.45) is 0. The molecule has 0 aliphatic heterocycles. The summed E-state index contributed by atoms with van der Waals surface area (Å²) in [4.78, 5) is 23.8. The standard InChI is InChI=1S/C19H20ClNO3/c1-12(17(22)23)13-6-4-9-16(10-13)21-18(24)19(2,3)14-7-5-8-15(20)11-14/h4-12H,1-3H3,(H,21,24)(H,22,23). The highest BCUT2D eigenvalue weighted by Crippen LogP contribution is 2.28. The summed E-state index contributed by atoms with van der Waals surface area (Å²) in [7, 11) is 0. The lowest BCUT2D eigenvalue weighted by Gasteiger charge is -2.24. The number of aliphatic carboxylic acids is 1. The lowest BCUT2D eigenvalue weighted by Crippen LogP contribution is -2.34. The lowest BCUT2D eigenvalue weighted by atomic mass is 9.83. The van der Waals surface area contributed by atoms with Gasteiger partial charge in [-0.05, 0) is 56.2 Å². The Labute approximate surface area is 146 Å². The maximum absolute atomic E-state index is 12.7. The molecule has 0 spiro atoms. The molecule has 1 unspecified atom stereocenters. The first-order valence-corrected chi connectivity index (χ1v) is 8.00. The Balaban J connectivity index is 2.23. The van der Waals surface area contributed by atoms with Crippen LogP contribution in [0, 0.1) is 0 Å². The highest BCUT2D eigenvalue weighted by Gasteiger charge is 2.30. The molecule has 0 saturated heterocycles. The van der Waals surface area contributed by atoms with E-state index in [0.29, 0.717) is 16.3 Å². The number of nitrogens with one attached hydrogen (secondary N) is 1. The van der Waals surface area contributed by atoms with E-state index in [4.69, 9.17) is 16.7 Å². The summed E-state index contributed by atoms with van der Waals surface area (Å²) >= 11 is 6.01. The number of carboxylic acids is 1. The number of amides is 1. The quantitative estimate of drug-likeness (QED) is 0.841. The smallest absolute Gasteiger partial charge is 0.310 e. The number of anilines is 1. The third-order valence-electron chi connectivity index (χ3n) is 4.13. The number of benzene rings is 2. The second kappa shape index (κ2) is 7.05. The number of hydrogen-bond acceptors (Lipinski definition) is 2. The highest BCUT2D eigenvalue weighted by atomic mass is 35.5. The van der Waals surface area contributed by atoms with Crippen LogP contribution in [0.2, 0.25) is 5.02 Å². The first kappa shape index (κ1) is 18.0. The molecule has 1 amide bonds. The largest absolute Gasteiger partial charge is 0.481 e. The molecule has 2 rings (SSSR count). The van der Waals surface area contributed by atoms with Crippen molar-refractivity contribution in [3.63, 3.8) is 0 Å². The maximum Gasteiger partial charge on any atom is 0.310 e. The SMILES string of the molecule is CC(C(=O)O)c1cccc(NC(=O)C(C)(C)c2cccc(Cl)c2)c1. The predicted octanol–water partition coefficient (Wildman–Crippen LogP) is 4.44. The number of halogens is 1. The molecule has 0 aliphatic rings. The fourth-order valence-electron chi connectivity index (χ4n) is 2.32. The Hall–Kier alpha value is -2.33. The molecule has 0 aromatic heterocycles. The van der Waals surface area contributed by atoms with Gasteiger partial charge < -0.3 is 10.4 Å². The Morgan fingerprint density at radius 1 is 1.12 bits per heavy atom. The molecule has 2 N–H and O–H groups in total. The van der Waals surface area contributed by atoms with E-state index in [9.17, 15) is 9.59 Å². The zero-order valence-electron chi connectivity index (χ0n) is 13.8. The molecule has 24 heavy (non-hydrogen) atoms. The molecular weight excluding hydrogens is 326 g/mol. The van der Waals surface area contributed by atoms with Crippen LogP contribution >= 0.6 is 11.6 Å². The van der Waals surface area contributed by atoms with E-state index in [1.54, 1.807) is 43.3 Å². The van der Waals surface area contributed by atoms with E-state index < -0.39 is 17.3 Å². The summed E-state index contributed by atoms with van der Waals surface area (Å²) in [5, 5.41) is 12.5. The van der Waals surface area contributed by atoms with Crippen molar-refractivity contribution >= 4 is 29.2 Å². The van der Waals surface area contributed by atoms with Crippen molar-refractivity contribution in [2.75, 3.05) is 5.32 Å². The Morgan fingerprint density at radius 3 is 2.42 bits per heavy atom. The second-order valence-corrected chi connectivity index (χ2v) is 6.71. The molecule has 2 aromatic rings. The van der Waals surface area contributed by atoms with Crippen LogP contribution in [-0.4, -0.2) is 17.0 Å². The fraction of sp³-hybridized carbons (Fsp3) is 0.263. The van der Waals surface area contributed by atoms with E-state index in [1.165, 1.54) is 0 Å². The summed E-state index contributed by atoms with van der Waals surface area (Å²) in [5.41, 5.74) is 1.24. The third kappa shape index (κ3) is 3.95. The van der Waals surface area contributed by atoms with Crippen LogP contribution in [0.1, 0.15) is 37.8 Å². The normalized spacial score (nSPS) is 12.5. The number of rotatable bonds is 5. The molecule has 0 fully saturated rings. The monoisotopic (exact) mass is 345 g/mol. The van der Waals surface area contributed by atoms with Gasteiger partial charge in [-0.25, -0.2) is 0 Å². The second-order valence-electron chi connectivity index (χ2n) is 6.27. The first-order valence-electron chi connectivity index (χ1n) is 7.62. The van der Waals surface area contributed by atoms with Gasteiger partial charge in [0.05, 0.1) is 11.3 Å². The van der Waals surface area contributed by atoms with Crippen LogP contribution in [0.4, 0.5) is 5.69 Å². The summed E-state index contributed by atoms with van der Waals surface area (Å²) in [6.45, 7) is 5.24. The average molecular weight is 346 g/mol. The van der Waals surface area contributed by atoms with Gasteiger partial charge in [0.15, 0.2) is 0 Å². The van der Waals surface area contributed by atoms with Crippen LogP contribution in [0.15, 0.2) is 48.5 Å². The molecule has 0 heterocycles. The molecule has 0 aliphatic carbocycles. The minimum absolute atomic E-state index is 0.190. The van der Waals surface area contributed by atoms with Gasteiger partial charge in [-0.15, -0.1) is 0 Å². The topological polar surface area (TPSA) is 66.4 Å². The number of carbonyl (C=O) groups excluding carboxylic acids is 1. The minimum Gasteiger partial charge on any atom is -0.481 e. The van der Waals surface area contributed by atoms with Gasteiger partial charge in [-0.2, -0.15) is 0 Å². The van der Waals surface area contributed by atoms with Crippen LogP contribution in [0.25, 0.3) is 0 Å². The lowest BCUT2D eigenvalue weighted by molar-refractivity contribution is -0.138. The van der Waals surface area contributed by atoms with Gasteiger partial charge >= 0.3 is 5.97 Å². The van der Waals surface area contributed by atoms with Gasteiger partial charge in [0.1, 0.15) is 0 Å². The number of carboxylic acid groups (broad SMARTS) is 1. The van der Waals surface area contributed by atoms with E-state index in [0.717, 1.165) is 5.56 Å². The van der Waals surface area contributed by atoms with Crippen molar-refractivity contribution < 1.29 is 14.7 Å². The minimum atomic E-state index is -0.905. The Kier molecular flexibility index (Phi) is 5.30. The molecule has 0 radical (unpaired) electrons. The van der Waals surface area contributed by atoms with Crippen LogP contribution in [0.3, 0.4) is 0 Å². The molecule has 0 bridgehead atoms. The van der Waals surface area contributed by atoms with Crippen LogP contribution in [-0.2, 0) is 15.0 Å². The van der Waals surface area contributed by atoms with Crippen LogP contribution in [0.5, 0.6) is 0 Å². The number of carbonyl (C=O) groups is 2. The maximum atomic E-state index is 12.7. The summed E-state index contributed by atoms with van der Waals surface area (Å²) < 4.78 is 0. The van der Waals surface area contributed by atoms with E-state index in [-0.39, 0.29) is 5.91 Å². The van der Waals surface area contributed by atoms with Gasteiger partial charge in [0.2, 0.25) is 5.91 Å². The van der Waals surface area contributed by atoms with Crippen LogP contribution < -0.4 is 5.32 Å². The van der Waals surface area contributed by atoms with Gasteiger partial charge in [0, 0.05) is 10.7 Å². The zero-order valence-corrected chi connectivity index (χ0v) is 14.6. The Morgan fingerprint density at radius 2 is 1.79 bits per heavy atom. The van der Waals surface area contributed by atoms with Gasteiger partial charge in [-0.3, -0.25) is 9.59 Å². The molecule has 1 atom stereocenters. The molecule has 5 heteroatoms. The van der Waals surface area contributed by atoms with E-state index in [2.05, 4.69) is 5.32 Å². The third-order valence-corrected chi connectivity index (χ3v) is 4.36. The molecule has 126 valence electrons. The summed E-state index contributed by atoms with van der Waals surface area (Å²) in [5.74, 6) is -1.73. The zero-order chi connectivity index (χ0) is 17.9. The predicted molar refractivity (Wildman–Crippen MR) is 95.6 cm³/mol.